The summed E-state index contributed by atoms with van der Waals surface area (Å²) in [6.07, 6.45) is 3.95. The zero-order chi connectivity index (χ0) is 15.4. The van der Waals surface area contributed by atoms with E-state index in [2.05, 4.69) is 26.1 Å². The van der Waals surface area contributed by atoms with Crippen molar-refractivity contribution in [1.82, 2.24) is 5.32 Å². The van der Waals surface area contributed by atoms with Crippen LogP contribution in [-0.4, -0.2) is 18.3 Å². The van der Waals surface area contributed by atoms with Gasteiger partial charge in [-0.15, -0.1) is 0 Å². The molecule has 1 saturated carbocycles. The number of hydrogen-bond donors (Lipinski definition) is 2. The SMILES string of the molecule is COc1cc(CNC2CC(C)CCC2C(C)C)ccc1O. The zero-order valence-corrected chi connectivity index (χ0v) is 13.7. The fourth-order valence-electron chi connectivity index (χ4n) is 3.52. The van der Waals surface area contributed by atoms with Crippen molar-refractivity contribution in [3.63, 3.8) is 0 Å². The van der Waals surface area contributed by atoms with Gasteiger partial charge in [-0.2, -0.15) is 0 Å². The first kappa shape index (κ1) is 16.2. The number of phenols is 1. The first-order valence-corrected chi connectivity index (χ1v) is 8.10. The molecular weight excluding hydrogens is 262 g/mol. The lowest BCUT2D eigenvalue weighted by molar-refractivity contribution is 0.169. The van der Waals surface area contributed by atoms with Crippen LogP contribution >= 0.6 is 0 Å². The largest absolute Gasteiger partial charge is 0.504 e. The van der Waals surface area contributed by atoms with Gasteiger partial charge >= 0.3 is 0 Å². The van der Waals surface area contributed by atoms with Gasteiger partial charge in [0.05, 0.1) is 7.11 Å². The molecular formula is C18H29NO2. The molecule has 0 spiro atoms. The molecule has 2 rings (SSSR count). The number of nitrogens with one attached hydrogen (secondary N) is 1. The van der Waals surface area contributed by atoms with Crippen molar-refractivity contribution >= 4 is 0 Å². The van der Waals surface area contributed by atoms with Gasteiger partial charge < -0.3 is 15.2 Å². The number of benzene rings is 1. The van der Waals surface area contributed by atoms with Crippen LogP contribution < -0.4 is 10.1 Å². The topological polar surface area (TPSA) is 41.5 Å². The Morgan fingerprint density at radius 3 is 2.76 bits per heavy atom. The van der Waals surface area contributed by atoms with Gasteiger partial charge in [0.1, 0.15) is 0 Å². The second kappa shape index (κ2) is 7.17. The van der Waals surface area contributed by atoms with E-state index in [1.807, 2.05) is 12.1 Å². The van der Waals surface area contributed by atoms with Gasteiger partial charge in [-0.1, -0.05) is 33.3 Å². The first-order chi connectivity index (χ1) is 10.0. The molecule has 0 saturated heterocycles. The van der Waals surface area contributed by atoms with Crippen LogP contribution in [0.5, 0.6) is 11.5 Å². The third kappa shape index (κ3) is 4.13. The predicted octanol–water partition coefficient (Wildman–Crippen LogP) is 3.95. The average molecular weight is 291 g/mol. The summed E-state index contributed by atoms with van der Waals surface area (Å²) >= 11 is 0. The van der Waals surface area contributed by atoms with Crippen LogP contribution in [0.15, 0.2) is 18.2 Å². The van der Waals surface area contributed by atoms with Gasteiger partial charge in [-0.05, 0) is 48.3 Å². The van der Waals surface area contributed by atoms with Gasteiger partial charge in [-0.25, -0.2) is 0 Å². The number of aromatic hydroxyl groups is 1. The van der Waals surface area contributed by atoms with Gasteiger partial charge in [0.2, 0.25) is 0 Å². The first-order valence-electron chi connectivity index (χ1n) is 8.10. The molecule has 1 aliphatic rings. The monoisotopic (exact) mass is 291 g/mol. The maximum absolute atomic E-state index is 9.66. The molecule has 1 aliphatic carbocycles. The van der Waals surface area contributed by atoms with Crippen molar-refractivity contribution < 1.29 is 9.84 Å². The molecule has 3 heteroatoms. The Bertz CT molecular complexity index is 459. The molecule has 21 heavy (non-hydrogen) atoms. The summed E-state index contributed by atoms with van der Waals surface area (Å²) in [5, 5.41) is 13.4. The summed E-state index contributed by atoms with van der Waals surface area (Å²) in [6, 6.07) is 6.17. The van der Waals surface area contributed by atoms with Crippen LogP contribution in [0.2, 0.25) is 0 Å². The highest BCUT2D eigenvalue weighted by Gasteiger charge is 2.30. The molecule has 0 amide bonds. The maximum Gasteiger partial charge on any atom is 0.160 e. The standard InChI is InChI=1S/C18H29NO2/c1-12(2)15-7-5-13(3)9-16(15)19-11-14-6-8-17(20)18(10-14)21-4/h6,8,10,12-13,15-16,19-20H,5,7,9,11H2,1-4H3. The smallest absolute Gasteiger partial charge is 0.160 e. The Hall–Kier alpha value is -1.22. The van der Waals surface area contributed by atoms with Crippen molar-refractivity contribution in [2.75, 3.05) is 7.11 Å². The number of rotatable bonds is 5. The molecule has 0 radical (unpaired) electrons. The summed E-state index contributed by atoms with van der Waals surface area (Å²) in [5.74, 6) is 3.05. The van der Waals surface area contributed by atoms with Crippen LogP contribution in [0.4, 0.5) is 0 Å². The van der Waals surface area contributed by atoms with E-state index in [9.17, 15) is 5.11 Å². The summed E-state index contributed by atoms with van der Waals surface area (Å²) < 4.78 is 5.18. The quantitative estimate of drug-likeness (QED) is 0.863. The van der Waals surface area contributed by atoms with E-state index >= 15 is 0 Å². The molecule has 1 fully saturated rings. The van der Waals surface area contributed by atoms with E-state index in [0.717, 1.165) is 29.9 Å². The Balaban J connectivity index is 1.99. The van der Waals surface area contributed by atoms with Crippen LogP contribution in [0, 0.1) is 17.8 Å². The molecule has 3 nitrogen and oxygen atoms in total. The highest BCUT2D eigenvalue weighted by molar-refractivity contribution is 5.41. The normalized spacial score (nSPS) is 26.0. The van der Waals surface area contributed by atoms with Crippen LogP contribution in [0.25, 0.3) is 0 Å². The van der Waals surface area contributed by atoms with E-state index in [4.69, 9.17) is 4.74 Å². The molecule has 0 aliphatic heterocycles. The van der Waals surface area contributed by atoms with E-state index in [0.29, 0.717) is 11.8 Å². The molecule has 1 aromatic carbocycles. The van der Waals surface area contributed by atoms with Crippen molar-refractivity contribution in [1.29, 1.82) is 0 Å². The van der Waals surface area contributed by atoms with Crippen molar-refractivity contribution in [3.05, 3.63) is 23.8 Å². The minimum Gasteiger partial charge on any atom is -0.504 e. The van der Waals surface area contributed by atoms with Gasteiger partial charge in [0, 0.05) is 12.6 Å². The Kier molecular flexibility index (Phi) is 5.51. The lowest BCUT2D eigenvalue weighted by Gasteiger charge is -2.38. The minimum atomic E-state index is 0.201. The molecule has 2 N–H and O–H groups in total. The van der Waals surface area contributed by atoms with Crippen molar-refractivity contribution in [2.24, 2.45) is 17.8 Å². The number of phenolic OH excluding ortho intramolecular Hbond substituents is 1. The van der Waals surface area contributed by atoms with Crippen LogP contribution in [0.3, 0.4) is 0 Å². The second-order valence-electron chi connectivity index (χ2n) is 6.82. The Labute approximate surface area is 128 Å². The fourth-order valence-corrected chi connectivity index (χ4v) is 3.52. The third-order valence-electron chi connectivity index (χ3n) is 4.83. The third-order valence-corrected chi connectivity index (χ3v) is 4.83. The maximum atomic E-state index is 9.66. The zero-order valence-electron chi connectivity index (χ0n) is 13.7. The number of methoxy groups -OCH3 is 1. The summed E-state index contributed by atoms with van der Waals surface area (Å²) in [7, 11) is 1.59. The Morgan fingerprint density at radius 2 is 2.10 bits per heavy atom. The van der Waals surface area contributed by atoms with E-state index < -0.39 is 0 Å². The predicted molar refractivity (Wildman–Crippen MR) is 86.6 cm³/mol. The lowest BCUT2D eigenvalue weighted by Crippen LogP contribution is -2.42. The number of ether oxygens (including phenoxy) is 1. The summed E-state index contributed by atoms with van der Waals surface area (Å²) in [6.45, 7) is 7.85. The van der Waals surface area contributed by atoms with Crippen molar-refractivity contribution in [2.45, 2.75) is 52.6 Å². The van der Waals surface area contributed by atoms with E-state index in [1.165, 1.54) is 19.3 Å². The van der Waals surface area contributed by atoms with Gasteiger partial charge in [0.15, 0.2) is 11.5 Å². The highest BCUT2D eigenvalue weighted by atomic mass is 16.5. The average Bonchev–Trinajstić information content (AvgIpc) is 2.46. The molecule has 3 unspecified atom stereocenters. The molecule has 3 atom stereocenters. The lowest BCUT2D eigenvalue weighted by atomic mass is 9.74. The van der Waals surface area contributed by atoms with Crippen LogP contribution in [0.1, 0.15) is 45.6 Å². The Morgan fingerprint density at radius 1 is 1.33 bits per heavy atom. The molecule has 118 valence electrons. The summed E-state index contributed by atoms with van der Waals surface area (Å²) in [4.78, 5) is 0. The minimum absolute atomic E-state index is 0.201. The van der Waals surface area contributed by atoms with Gasteiger partial charge in [0.25, 0.3) is 0 Å². The second-order valence-corrected chi connectivity index (χ2v) is 6.82. The fraction of sp³-hybridized carbons (Fsp3) is 0.667. The molecule has 0 heterocycles. The molecule has 0 bridgehead atoms. The molecule has 0 aromatic heterocycles. The van der Waals surface area contributed by atoms with Crippen molar-refractivity contribution in [3.8, 4) is 11.5 Å². The van der Waals surface area contributed by atoms with E-state index in [1.54, 1.807) is 13.2 Å². The van der Waals surface area contributed by atoms with Gasteiger partial charge in [-0.3, -0.25) is 0 Å². The van der Waals surface area contributed by atoms with Crippen LogP contribution in [-0.2, 0) is 6.54 Å². The summed E-state index contributed by atoms with van der Waals surface area (Å²) in [5.41, 5.74) is 1.16. The number of hydrogen-bond acceptors (Lipinski definition) is 3. The highest BCUT2D eigenvalue weighted by Crippen LogP contribution is 2.34. The van der Waals surface area contributed by atoms with E-state index in [-0.39, 0.29) is 5.75 Å². The molecule has 1 aromatic rings.